The minimum Gasteiger partial charge on any atom is -0.478 e. The normalized spacial score (nSPS) is 18.1. The maximum Gasteiger partial charge on any atom is 0.221 e. The van der Waals surface area contributed by atoms with Gasteiger partial charge in [-0.1, -0.05) is 0 Å². The van der Waals surface area contributed by atoms with Crippen LogP contribution in [-0.2, 0) is 4.74 Å². The van der Waals surface area contributed by atoms with Gasteiger partial charge < -0.3 is 14.8 Å². The van der Waals surface area contributed by atoms with Crippen LogP contribution in [0.3, 0.4) is 0 Å². The Bertz CT molecular complexity index is 406. The fourth-order valence-electron chi connectivity index (χ4n) is 2.41. The van der Waals surface area contributed by atoms with Crippen LogP contribution >= 0.6 is 0 Å². The summed E-state index contributed by atoms with van der Waals surface area (Å²) in [5.74, 6) is 2.18. The molecule has 1 saturated heterocycles. The molecule has 1 N–H and O–H groups in total. The lowest BCUT2D eigenvalue weighted by Gasteiger charge is -2.29. The number of nitrogens with one attached hydrogen (secondary N) is 1. The summed E-state index contributed by atoms with van der Waals surface area (Å²) in [6.45, 7) is 8.50. The molecule has 1 atom stereocenters. The molecule has 2 rings (SSSR count). The number of ether oxygens (including phenoxy) is 2. The molecule has 0 spiro atoms. The zero-order valence-electron chi connectivity index (χ0n) is 12.0. The molecule has 1 aromatic rings. The van der Waals surface area contributed by atoms with Gasteiger partial charge in [-0.25, -0.2) is 9.97 Å². The summed E-state index contributed by atoms with van der Waals surface area (Å²) in [5.41, 5.74) is 0.975. The second kappa shape index (κ2) is 6.70. The van der Waals surface area contributed by atoms with E-state index in [1.54, 1.807) is 6.33 Å². The van der Waals surface area contributed by atoms with Gasteiger partial charge in [-0.05, 0) is 39.5 Å². The lowest BCUT2D eigenvalue weighted by atomic mass is 9.93. The largest absolute Gasteiger partial charge is 0.478 e. The Labute approximate surface area is 114 Å². The Morgan fingerprint density at radius 2 is 2.16 bits per heavy atom. The second-order valence-corrected chi connectivity index (χ2v) is 4.97. The van der Waals surface area contributed by atoms with Crippen molar-refractivity contribution in [2.75, 3.05) is 25.1 Å². The predicted octanol–water partition coefficient (Wildman–Crippen LogP) is 2.41. The van der Waals surface area contributed by atoms with Crippen LogP contribution in [0.15, 0.2) is 6.33 Å². The van der Waals surface area contributed by atoms with Crippen LogP contribution in [0.4, 0.5) is 5.82 Å². The van der Waals surface area contributed by atoms with E-state index < -0.39 is 0 Å². The van der Waals surface area contributed by atoms with E-state index in [0.29, 0.717) is 24.4 Å². The Morgan fingerprint density at radius 3 is 2.84 bits per heavy atom. The van der Waals surface area contributed by atoms with Gasteiger partial charge in [-0.3, -0.25) is 0 Å². The van der Waals surface area contributed by atoms with E-state index in [1.807, 2.05) is 13.8 Å². The molecule has 5 nitrogen and oxygen atoms in total. The standard InChI is InChI=1S/C14H23N3O2/c1-4-19-14-10(2)13(15-9-16-14)17-11(3)12-5-7-18-8-6-12/h9,11-12H,4-8H2,1-3H3,(H,15,16,17). The molecule has 106 valence electrons. The first-order valence-corrected chi connectivity index (χ1v) is 7.01. The first-order chi connectivity index (χ1) is 9.22. The molecule has 0 amide bonds. The molecule has 19 heavy (non-hydrogen) atoms. The van der Waals surface area contributed by atoms with Crippen LogP contribution in [0.5, 0.6) is 5.88 Å². The Balaban J connectivity index is 2.03. The highest BCUT2D eigenvalue weighted by molar-refractivity contribution is 5.48. The summed E-state index contributed by atoms with van der Waals surface area (Å²) in [7, 11) is 0. The van der Waals surface area contributed by atoms with Gasteiger partial charge in [0.1, 0.15) is 12.1 Å². The molecule has 0 aromatic carbocycles. The van der Waals surface area contributed by atoms with Crippen LogP contribution < -0.4 is 10.1 Å². The molecule has 0 bridgehead atoms. The van der Waals surface area contributed by atoms with E-state index in [4.69, 9.17) is 9.47 Å². The summed E-state index contributed by atoms with van der Waals surface area (Å²) in [6, 6.07) is 0.381. The summed E-state index contributed by atoms with van der Waals surface area (Å²) in [4.78, 5) is 8.48. The molecule has 0 radical (unpaired) electrons. The maximum absolute atomic E-state index is 5.49. The maximum atomic E-state index is 5.49. The highest BCUT2D eigenvalue weighted by Crippen LogP contribution is 2.25. The fraction of sp³-hybridized carbons (Fsp3) is 0.714. The van der Waals surface area contributed by atoms with Gasteiger partial charge in [0.05, 0.1) is 12.2 Å². The SMILES string of the molecule is CCOc1ncnc(NC(C)C2CCOCC2)c1C. The quantitative estimate of drug-likeness (QED) is 0.886. The van der Waals surface area contributed by atoms with Crippen molar-refractivity contribution < 1.29 is 9.47 Å². The van der Waals surface area contributed by atoms with Crippen LogP contribution in [-0.4, -0.2) is 35.8 Å². The minimum absolute atomic E-state index is 0.381. The lowest BCUT2D eigenvalue weighted by molar-refractivity contribution is 0.0622. The zero-order chi connectivity index (χ0) is 13.7. The number of nitrogens with zero attached hydrogens (tertiary/aromatic N) is 2. The number of anilines is 1. The van der Waals surface area contributed by atoms with Crippen molar-refractivity contribution in [2.24, 2.45) is 5.92 Å². The molecule has 1 aromatic heterocycles. The van der Waals surface area contributed by atoms with E-state index in [-0.39, 0.29) is 0 Å². The summed E-state index contributed by atoms with van der Waals surface area (Å²) in [5, 5.41) is 3.49. The average Bonchev–Trinajstić information content (AvgIpc) is 2.44. The summed E-state index contributed by atoms with van der Waals surface area (Å²) in [6.07, 6.45) is 3.77. The minimum atomic E-state index is 0.381. The van der Waals surface area contributed by atoms with Crippen molar-refractivity contribution in [3.8, 4) is 5.88 Å². The van der Waals surface area contributed by atoms with E-state index in [9.17, 15) is 0 Å². The van der Waals surface area contributed by atoms with Gasteiger partial charge in [0.25, 0.3) is 0 Å². The third-order valence-corrected chi connectivity index (χ3v) is 3.66. The third-order valence-electron chi connectivity index (χ3n) is 3.66. The number of aromatic nitrogens is 2. The van der Waals surface area contributed by atoms with Crippen LogP contribution in [0.25, 0.3) is 0 Å². The van der Waals surface area contributed by atoms with Crippen LogP contribution in [0, 0.1) is 12.8 Å². The van der Waals surface area contributed by atoms with Crippen molar-refractivity contribution in [3.05, 3.63) is 11.9 Å². The predicted molar refractivity (Wildman–Crippen MR) is 74.6 cm³/mol. The van der Waals surface area contributed by atoms with Crippen LogP contribution in [0.2, 0.25) is 0 Å². The van der Waals surface area contributed by atoms with Crippen molar-refractivity contribution in [1.82, 2.24) is 9.97 Å². The third kappa shape index (κ3) is 3.56. The Morgan fingerprint density at radius 1 is 1.42 bits per heavy atom. The van der Waals surface area contributed by atoms with Crippen molar-refractivity contribution in [2.45, 2.75) is 39.7 Å². The molecule has 1 fully saturated rings. The molecule has 1 unspecified atom stereocenters. The molecule has 0 saturated carbocycles. The van der Waals surface area contributed by atoms with Gasteiger partial charge in [0.2, 0.25) is 5.88 Å². The first kappa shape index (κ1) is 14.1. The lowest BCUT2D eigenvalue weighted by Crippen LogP contribution is -2.31. The van der Waals surface area contributed by atoms with Crippen molar-refractivity contribution >= 4 is 5.82 Å². The smallest absolute Gasteiger partial charge is 0.221 e. The Hall–Kier alpha value is -1.36. The van der Waals surface area contributed by atoms with Gasteiger partial charge in [0.15, 0.2) is 0 Å². The molecule has 0 aliphatic carbocycles. The topological polar surface area (TPSA) is 56.3 Å². The highest BCUT2D eigenvalue weighted by atomic mass is 16.5. The molecule has 2 heterocycles. The number of rotatable bonds is 5. The molecule has 5 heteroatoms. The monoisotopic (exact) mass is 265 g/mol. The zero-order valence-corrected chi connectivity index (χ0v) is 12.0. The van der Waals surface area contributed by atoms with Crippen molar-refractivity contribution in [3.63, 3.8) is 0 Å². The first-order valence-electron chi connectivity index (χ1n) is 7.01. The Kier molecular flexibility index (Phi) is 4.96. The van der Waals surface area contributed by atoms with Gasteiger partial charge in [-0.15, -0.1) is 0 Å². The fourth-order valence-corrected chi connectivity index (χ4v) is 2.41. The van der Waals surface area contributed by atoms with E-state index >= 15 is 0 Å². The van der Waals surface area contributed by atoms with Gasteiger partial charge in [0, 0.05) is 19.3 Å². The average molecular weight is 265 g/mol. The van der Waals surface area contributed by atoms with Crippen LogP contribution in [0.1, 0.15) is 32.3 Å². The second-order valence-electron chi connectivity index (χ2n) is 4.97. The van der Waals surface area contributed by atoms with Gasteiger partial charge >= 0.3 is 0 Å². The molecular formula is C14H23N3O2. The van der Waals surface area contributed by atoms with E-state index in [1.165, 1.54) is 0 Å². The highest BCUT2D eigenvalue weighted by Gasteiger charge is 2.21. The summed E-state index contributed by atoms with van der Waals surface area (Å²) < 4.78 is 10.9. The number of hydrogen-bond donors (Lipinski definition) is 1. The summed E-state index contributed by atoms with van der Waals surface area (Å²) >= 11 is 0. The van der Waals surface area contributed by atoms with E-state index in [0.717, 1.165) is 37.4 Å². The molecule has 1 aliphatic rings. The van der Waals surface area contributed by atoms with E-state index in [2.05, 4.69) is 22.2 Å². The number of hydrogen-bond acceptors (Lipinski definition) is 5. The molecular weight excluding hydrogens is 242 g/mol. The van der Waals surface area contributed by atoms with Gasteiger partial charge in [-0.2, -0.15) is 0 Å². The molecule has 1 aliphatic heterocycles. The van der Waals surface area contributed by atoms with Crippen molar-refractivity contribution in [1.29, 1.82) is 0 Å².